The highest BCUT2D eigenvalue weighted by Crippen LogP contribution is 2.46. The van der Waals surface area contributed by atoms with Crippen LogP contribution in [0.5, 0.6) is 0 Å². The summed E-state index contributed by atoms with van der Waals surface area (Å²) in [5.41, 5.74) is 0.997. The summed E-state index contributed by atoms with van der Waals surface area (Å²) in [4.78, 5) is 1.68. The lowest BCUT2D eigenvalue weighted by Gasteiger charge is -2.42. The van der Waals surface area contributed by atoms with Gasteiger partial charge in [-0.2, -0.15) is 0 Å². The van der Waals surface area contributed by atoms with Crippen molar-refractivity contribution in [2.24, 2.45) is 5.14 Å². The average molecular weight is 455 g/mol. The molecule has 0 spiro atoms. The second-order valence-corrected chi connectivity index (χ2v) is 15.3. The zero-order chi connectivity index (χ0) is 20.8. The van der Waals surface area contributed by atoms with E-state index in [1.165, 1.54) is 0 Å². The molecule has 2 N–H and O–H groups in total. The Morgan fingerprint density at radius 3 is 2.26 bits per heavy atom. The van der Waals surface area contributed by atoms with Gasteiger partial charge in [0.15, 0.2) is 0 Å². The van der Waals surface area contributed by atoms with Crippen LogP contribution in [-0.4, -0.2) is 53.3 Å². The molecule has 1 aliphatic heterocycles. The Hall–Kier alpha value is -0.513. The number of ether oxygens (including phenoxy) is 1. The van der Waals surface area contributed by atoms with E-state index in [9.17, 15) is 8.42 Å². The SMILES string of the molecule is C=C1C(N2CCOCC2)=C(Cl)C(S(N)(=O)=O)=C(O[Si](C)(C)C(C)(C)C)C1Cl. The minimum absolute atomic E-state index is 0.00927. The highest BCUT2D eigenvalue weighted by Gasteiger charge is 2.45. The fourth-order valence-electron chi connectivity index (χ4n) is 2.67. The summed E-state index contributed by atoms with van der Waals surface area (Å²) >= 11 is 13.2. The van der Waals surface area contributed by atoms with E-state index in [0.29, 0.717) is 37.6 Å². The third-order valence-corrected chi connectivity index (χ3v) is 11.5. The van der Waals surface area contributed by atoms with Crippen molar-refractivity contribution in [3.63, 3.8) is 0 Å². The Kier molecular flexibility index (Phi) is 6.51. The first-order chi connectivity index (χ1) is 12.2. The summed E-state index contributed by atoms with van der Waals surface area (Å²) < 4.78 is 36.5. The molecule has 27 heavy (non-hydrogen) atoms. The second kappa shape index (κ2) is 7.72. The molecule has 1 saturated heterocycles. The Morgan fingerprint density at radius 2 is 1.81 bits per heavy atom. The Morgan fingerprint density at radius 1 is 1.30 bits per heavy atom. The van der Waals surface area contributed by atoms with E-state index in [2.05, 4.69) is 6.58 Å². The average Bonchev–Trinajstić information content (AvgIpc) is 2.51. The van der Waals surface area contributed by atoms with E-state index in [-0.39, 0.29) is 20.7 Å². The second-order valence-electron chi connectivity index (χ2n) is 8.25. The summed E-state index contributed by atoms with van der Waals surface area (Å²) in [6, 6.07) is 0. The van der Waals surface area contributed by atoms with Gasteiger partial charge in [-0.1, -0.05) is 39.0 Å². The summed E-state index contributed by atoms with van der Waals surface area (Å²) in [6.07, 6.45) is 0. The number of morpholine rings is 1. The van der Waals surface area contributed by atoms with Crippen LogP contribution < -0.4 is 5.14 Å². The number of hydrogen-bond acceptors (Lipinski definition) is 5. The normalized spacial score (nSPS) is 23.2. The van der Waals surface area contributed by atoms with Crippen LogP contribution in [0.3, 0.4) is 0 Å². The van der Waals surface area contributed by atoms with Gasteiger partial charge in [-0.15, -0.1) is 11.6 Å². The molecule has 0 amide bonds. The number of nitrogens with zero attached hydrogens (tertiary/aromatic N) is 1. The van der Waals surface area contributed by atoms with Gasteiger partial charge < -0.3 is 14.1 Å². The van der Waals surface area contributed by atoms with E-state index in [1.807, 2.05) is 38.8 Å². The maximum atomic E-state index is 12.4. The molecule has 0 radical (unpaired) electrons. The lowest BCUT2D eigenvalue weighted by molar-refractivity contribution is 0.0543. The number of rotatable bonds is 4. The summed E-state index contributed by atoms with van der Waals surface area (Å²) in [5, 5.41) is 4.49. The van der Waals surface area contributed by atoms with Crippen molar-refractivity contribution in [2.75, 3.05) is 26.3 Å². The lowest BCUT2D eigenvalue weighted by Crippen LogP contribution is -2.44. The predicted octanol–water partition coefficient (Wildman–Crippen LogP) is 3.47. The Balaban J connectivity index is 2.66. The molecule has 10 heteroatoms. The minimum Gasteiger partial charge on any atom is -0.544 e. The molecule has 0 bridgehead atoms. The van der Waals surface area contributed by atoms with E-state index in [1.54, 1.807) is 0 Å². The smallest absolute Gasteiger partial charge is 0.250 e. The molecule has 0 aromatic rings. The Labute approximate surface area is 173 Å². The van der Waals surface area contributed by atoms with Crippen molar-refractivity contribution in [1.29, 1.82) is 0 Å². The largest absolute Gasteiger partial charge is 0.544 e. The highest BCUT2D eigenvalue weighted by atomic mass is 35.5. The van der Waals surface area contributed by atoms with Crippen LogP contribution >= 0.6 is 23.2 Å². The van der Waals surface area contributed by atoms with Crippen molar-refractivity contribution in [3.05, 3.63) is 33.5 Å². The maximum Gasteiger partial charge on any atom is 0.250 e. The zero-order valence-corrected chi connectivity index (χ0v) is 19.8. The fourth-order valence-corrected chi connectivity index (χ4v) is 5.66. The van der Waals surface area contributed by atoms with Crippen molar-refractivity contribution < 1.29 is 17.6 Å². The van der Waals surface area contributed by atoms with Crippen LogP contribution in [0, 0.1) is 0 Å². The summed E-state index contributed by atoms with van der Waals surface area (Å²) in [5.74, 6) is 0.0813. The number of nitrogens with two attached hydrogens (primary N) is 1. The standard InChI is InChI=1S/C17H28Cl2N2O4SSi/c1-11-12(18)15(25-27(5,6)17(2,3)4)16(26(20,22)23)13(19)14(11)21-7-9-24-10-8-21/h12H,1,7-10H2,2-6H3,(H2,20,22,23). The molecule has 1 unspecified atom stereocenters. The van der Waals surface area contributed by atoms with Gasteiger partial charge >= 0.3 is 0 Å². The lowest BCUT2D eigenvalue weighted by atomic mass is 10.0. The van der Waals surface area contributed by atoms with E-state index >= 15 is 0 Å². The summed E-state index contributed by atoms with van der Waals surface area (Å²) in [6.45, 7) is 16.4. The molecule has 1 fully saturated rings. The van der Waals surface area contributed by atoms with Crippen LogP contribution in [-0.2, 0) is 19.2 Å². The van der Waals surface area contributed by atoms with Gasteiger partial charge in [0.05, 0.1) is 23.9 Å². The number of halogens is 2. The van der Waals surface area contributed by atoms with Crippen molar-refractivity contribution in [2.45, 2.75) is 44.3 Å². The molecule has 2 aliphatic rings. The number of alkyl halides is 1. The van der Waals surface area contributed by atoms with Crippen LogP contribution in [0.25, 0.3) is 0 Å². The molecule has 6 nitrogen and oxygen atoms in total. The molecule has 0 saturated carbocycles. The first-order valence-electron chi connectivity index (χ1n) is 8.70. The molecule has 2 rings (SSSR count). The molecule has 0 aromatic carbocycles. The van der Waals surface area contributed by atoms with Crippen LogP contribution in [0.2, 0.25) is 18.1 Å². The maximum absolute atomic E-state index is 12.4. The molecule has 0 aromatic heterocycles. The zero-order valence-electron chi connectivity index (χ0n) is 16.4. The number of sulfonamides is 1. The van der Waals surface area contributed by atoms with Gasteiger partial charge in [0.1, 0.15) is 16.0 Å². The quantitative estimate of drug-likeness (QED) is 0.519. The Bertz CT molecular complexity index is 794. The van der Waals surface area contributed by atoms with E-state index < -0.39 is 23.7 Å². The number of hydrogen-bond donors (Lipinski definition) is 1. The van der Waals surface area contributed by atoms with Crippen molar-refractivity contribution in [3.8, 4) is 0 Å². The predicted molar refractivity (Wildman–Crippen MR) is 112 cm³/mol. The molecule has 1 aliphatic carbocycles. The van der Waals surface area contributed by atoms with Gasteiger partial charge in [0.25, 0.3) is 0 Å². The molecular weight excluding hydrogens is 427 g/mol. The highest BCUT2D eigenvalue weighted by molar-refractivity contribution is 7.93. The third kappa shape index (κ3) is 4.57. The van der Waals surface area contributed by atoms with Gasteiger partial charge in [0, 0.05) is 13.1 Å². The molecule has 1 atom stereocenters. The fraction of sp³-hybridized carbons (Fsp3) is 0.647. The van der Waals surface area contributed by atoms with E-state index in [4.69, 9.17) is 37.5 Å². The first kappa shape index (κ1) is 22.8. The van der Waals surface area contributed by atoms with Gasteiger partial charge in [-0.3, -0.25) is 0 Å². The third-order valence-electron chi connectivity index (χ3n) is 5.25. The first-order valence-corrected chi connectivity index (χ1v) is 14.0. The van der Waals surface area contributed by atoms with Crippen LogP contribution in [0.15, 0.2) is 33.5 Å². The molecule has 1 heterocycles. The van der Waals surface area contributed by atoms with E-state index in [0.717, 1.165) is 0 Å². The van der Waals surface area contributed by atoms with Crippen LogP contribution in [0.4, 0.5) is 0 Å². The number of allylic oxidation sites excluding steroid dienone is 3. The van der Waals surface area contributed by atoms with Crippen molar-refractivity contribution >= 4 is 41.5 Å². The summed E-state index contributed by atoms with van der Waals surface area (Å²) in [7, 11) is -6.56. The molecule has 154 valence electrons. The topological polar surface area (TPSA) is 81.9 Å². The van der Waals surface area contributed by atoms with Gasteiger partial charge in [-0.25, -0.2) is 13.6 Å². The van der Waals surface area contributed by atoms with Gasteiger partial charge in [-0.05, 0) is 23.7 Å². The molecular formula is C17H28Cl2N2O4SSi. The minimum atomic E-state index is -4.17. The van der Waals surface area contributed by atoms with Crippen LogP contribution in [0.1, 0.15) is 20.8 Å². The monoisotopic (exact) mass is 454 g/mol. The van der Waals surface area contributed by atoms with Crippen molar-refractivity contribution in [1.82, 2.24) is 4.90 Å². The number of primary sulfonamides is 1. The van der Waals surface area contributed by atoms with Gasteiger partial charge in [0.2, 0.25) is 18.3 Å².